The first-order valence-corrected chi connectivity index (χ1v) is 1.96. The van der Waals surface area contributed by atoms with Gasteiger partial charge in [-0.3, -0.25) is 0 Å². The standard InChI is InChI=1S/C5H8O2/c1-2-3-4-5(6)7/h2,4,6-7H,1,3H2. The Labute approximate surface area is 42.4 Å². The van der Waals surface area contributed by atoms with Crippen molar-refractivity contribution >= 4 is 0 Å². The maximum atomic E-state index is 8.05. The topological polar surface area (TPSA) is 40.5 Å². The molecule has 0 saturated heterocycles. The summed E-state index contributed by atoms with van der Waals surface area (Å²) in [6, 6.07) is 0. The normalized spacial score (nSPS) is 7.43. The van der Waals surface area contributed by atoms with Gasteiger partial charge in [0.2, 0.25) is 0 Å². The quantitative estimate of drug-likeness (QED) is 0.408. The number of aliphatic hydroxyl groups excluding tert-OH is 1. The maximum absolute atomic E-state index is 8.05. The fourth-order valence-corrected chi connectivity index (χ4v) is 0.189. The molecule has 0 aliphatic rings. The Kier molecular flexibility index (Phi) is 2.85. The largest absolute Gasteiger partial charge is 0.481 e. The van der Waals surface area contributed by atoms with Gasteiger partial charge in [0.1, 0.15) is 0 Å². The van der Waals surface area contributed by atoms with E-state index in [0.29, 0.717) is 6.42 Å². The summed E-state index contributed by atoms with van der Waals surface area (Å²) in [6.07, 6.45) is 3.34. The molecule has 0 fully saturated rings. The van der Waals surface area contributed by atoms with E-state index in [0.717, 1.165) is 0 Å². The Hall–Kier alpha value is -0.920. The van der Waals surface area contributed by atoms with Crippen molar-refractivity contribution < 1.29 is 10.2 Å². The van der Waals surface area contributed by atoms with Crippen molar-refractivity contribution in [3.8, 4) is 0 Å². The van der Waals surface area contributed by atoms with E-state index < -0.39 is 5.95 Å². The minimum Gasteiger partial charge on any atom is -0.481 e. The SMILES string of the molecule is C=CCC=C(O)O. The summed E-state index contributed by atoms with van der Waals surface area (Å²) in [7, 11) is 0. The summed E-state index contributed by atoms with van der Waals surface area (Å²) in [4.78, 5) is 0. The smallest absolute Gasteiger partial charge is 0.270 e. The number of allylic oxidation sites excluding steroid dienone is 2. The molecule has 40 valence electrons. The highest BCUT2D eigenvalue weighted by Gasteiger charge is 1.75. The van der Waals surface area contributed by atoms with Gasteiger partial charge in [-0.15, -0.1) is 6.58 Å². The average Bonchev–Trinajstić information content (AvgIpc) is 1.61. The first kappa shape index (κ1) is 6.08. The van der Waals surface area contributed by atoms with Crippen molar-refractivity contribution in [2.45, 2.75) is 6.42 Å². The third-order valence-electron chi connectivity index (χ3n) is 0.467. The van der Waals surface area contributed by atoms with E-state index in [1.807, 2.05) is 0 Å². The van der Waals surface area contributed by atoms with Crippen molar-refractivity contribution in [3.05, 3.63) is 24.7 Å². The van der Waals surface area contributed by atoms with Gasteiger partial charge in [0, 0.05) is 0 Å². The summed E-state index contributed by atoms with van der Waals surface area (Å²) in [5.74, 6) is -0.639. The summed E-state index contributed by atoms with van der Waals surface area (Å²) >= 11 is 0. The van der Waals surface area contributed by atoms with E-state index >= 15 is 0 Å². The molecule has 0 rings (SSSR count). The van der Waals surface area contributed by atoms with Crippen LogP contribution < -0.4 is 0 Å². The molecule has 0 radical (unpaired) electrons. The highest BCUT2D eigenvalue weighted by molar-refractivity contribution is 4.86. The molecule has 0 atom stereocenters. The molecule has 2 N–H and O–H groups in total. The molecule has 0 aliphatic heterocycles. The molecule has 7 heavy (non-hydrogen) atoms. The van der Waals surface area contributed by atoms with Gasteiger partial charge >= 0.3 is 0 Å². The van der Waals surface area contributed by atoms with Crippen LogP contribution >= 0.6 is 0 Å². The van der Waals surface area contributed by atoms with Crippen LogP contribution in [0.5, 0.6) is 0 Å². The molecule has 0 aromatic rings. The molecule has 2 heteroatoms. The van der Waals surface area contributed by atoms with Crippen molar-refractivity contribution in [1.82, 2.24) is 0 Å². The van der Waals surface area contributed by atoms with E-state index in [1.165, 1.54) is 6.08 Å². The summed E-state index contributed by atoms with van der Waals surface area (Å²) in [6.45, 7) is 3.37. The van der Waals surface area contributed by atoms with Crippen molar-refractivity contribution in [2.24, 2.45) is 0 Å². The Morgan fingerprint density at radius 1 is 1.57 bits per heavy atom. The summed E-state index contributed by atoms with van der Waals surface area (Å²) in [5.41, 5.74) is 0. The van der Waals surface area contributed by atoms with Gasteiger partial charge in [0.15, 0.2) is 0 Å². The summed E-state index contributed by atoms with van der Waals surface area (Å²) < 4.78 is 0. The van der Waals surface area contributed by atoms with Crippen LogP contribution in [0.3, 0.4) is 0 Å². The van der Waals surface area contributed by atoms with Crippen LogP contribution in [0, 0.1) is 0 Å². The van der Waals surface area contributed by atoms with Gasteiger partial charge in [-0.05, 0) is 12.5 Å². The van der Waals surface area contributed by atoms with Crippen molar-refractivity contribution in [1.29, 1.82) is 0 Å². The molecular formula is C5H8O2. The fourth-order valence-electron chi connectivity index (χ4n) is 0.189. The van der Waals surface area contributed by atoms with Crippen molar-refractivity contribution in [2.75, 3.05) is 0 Å². The number of aliphatic hydroxyl groups is 2. The molecule has 0 aromatic heterocycles. The second-order valence-corrected chi connectivity index (χ2v) is 1.09. The Morgan fingerprint density at radius 3 is 2.29 bits per heavy atom. The van der Waals surface area contributed by atoms with Gasteiger partial charge in [0.05, 0.1) is 0 Å². The van der Waals surface area contributed by atoms with Gasteiger partial charge in [-0.1, -0.05) is 6.08 Å². The maximum Gasteiger partial charge on any atom is 0.270 e. The van der Waals surface area contributed by atoms with Gasteiger partial charge in [-0.25, -0.2) is 0 Å². The predicted molar refractivity (Wildman–Crippen MR) is 28.2 cm³/mol. The molecule has 0 unspecified atom stereocenters. The van der Waals surface area contributed by atoms with E-state index in [9.17, 15) is 0 Å². The Balaban J connectivity index is 3.25. The minimum atomic E-state index is -0.639. The minimum absolute atomic E-state index is 0.502. The first-order chi connectivity index (χ1) is 3.27. The summed E-state index contributed by atoms with van der Waals surface area (Å²) in [5, 5.41) is 16.1. The van der Waals surface area contributed by atoms with Crippen LogP contribution in [-0.4, -0.2) is 10.2 Å². The highest BCUT2D eigenvalue weighted by Crippen LogP contribution is 1.85. The molecule has 0 spiro atoms. The Morgan fingerprint density at radius 2 is 2.14 bits per heavy atom. The number of hydrogen-bond donors (Lipinski definition) is 2. The van der Waals surface area contributed by atoms with Gasteiger partial charge in [0.25, 0.3) is 5.95 Å². The monoisotopic (exact) mass is 100 g/mol. The van der Waals surface area contributed by atoms with Gasteiger partial charge < -0.3 is 10.2 Å². The third kappa shape index (κ3) is 5.08. The zero-order chi connectivity index (χ0) is 5.70. The molecular weight excluding hydrogens is 92.1 g/mol. The molecule has 0 saturated carbocycles. The van der Waals surface area contributed by atoms with Crippen LogP contribution in [0.1, 0.15) is 6.42 Å². The number of rotatable bonds is 2. The second kappa shape index (κ2) is 3.28. The van der Waals surface area contributed by atoms with E-state index in [1.54, 1.807) is 6.08 Å². The van der Waals surface area contributed by atoms with Crippen LogP contribution in [0.15, 0.2) is 24.7 Å². The fraction of sp³-hybridized carbons (Fsp3) is 0.200. The lowest BCUT2D eigenvalue weighted by atomic mass is 10.4. The van der Waals surface area contributed by atoms with Crippen LogP contribution in [0.4, 0.5) is 0 Å². The predicted octanol–water partition coefficient (Wildman–Crippen LogP) is 1.52. The molecule has 0 aliphatic carbocycles. The number of hydrogen-bond acceptors (Lipinski definition) is 2. The van der Waals surface area contributed by atoms with Crippen molar-refractivity contribution in [3.63, 3.8) is 0 Å². The average molecular weight is 100 g/mol. The second-order valence-electron chi connectivity index (χ2n) is 1.09. The van der Waals surface area contributed by atoms with E-state index in [2.05, 4.69) is 6.58 Å². The molecule has 0 heterocycles. The van der Waals surface area contributed by atoms with Crippen LogP contribution in [0.25, 0.3) is 0 Å². The van der Waals surface area contributed by atoms with Crippen LogP contribution in [0.2, 0.25) is 0 Å². The molecule has 0 bridgehead atoms. The van der Waals surface area contributed by atoms with E-state index in [4.69, 9.17) is 10.2 Å². The molecule has 0 amide bonds. The lowest BCUT2D eigenvalue weighted by Gasteiger charge is -1.80. The Bertz CT molecular complexity index is 80.1. The molecule has 0 aromatic carbocycles. The highest BCUT2D eigenvalue weighted by atomic mass is 16.5. The molecule has 2 nitrogen and oxygen atoms in total. The lowest BCUT2D eigenvalue weighted by Crippen LogP contribution is -1.72. The third-order valence-corrected chi connectivity index (χ3v) is 0.467. The zero-order valence-corrected chi connectivity index (χ0v) is 3.96. The first-order valence-electron chi connectivity index (χ1n) is 1.96. The van der Waals surface area contributed by atoms with Crippen LogP contribution in [-0.2, 0) is 0 Å². The van der Waals surface area contributed by atoms with Gasteiger partial charge in [-0.2, -0.15) is 0 Å². The lowest BCUT2D eigenvalue weighted by molar-refractivity contribution is 0.189. The van der Waals surface area contributed by atoms with E-state index in [-0.39, 0.29) is 0 Å². The zero-order valence-electron chi connectivity index (χ0n) is 3.96.